The molecule has 0 amide bonds. The zero-order valence-electron chi connectivity index (χ0n) is 10.4. The van der Waals surface area contributed by atoms with Gasteiger partial charge in [-0.3, -0.25) is 4.79 Å². The lowest BCUT2D eigenvalue weighted by molar-refractivity contribution is -0.116. The molecule has 0 saturated heterocycles. The van der Waals surface area contributed by atoms with E-state index in [0.29, 0.717) is 18.0 Å². The Balaban J connectivity index is 1.77. The minimum Gasteiger partial charge on any atom is -0.299 e. The van der Waals surface area contributed by atoms with Crippen LogP contribution in [0, 0.1) is 6.92 Å². The minimum atomic E-state index is 0.328. The van der Waals surface area contributed by atoms with Crippen LogP contribution in [0.2, 0.25) is 0 Å². The lowest BCUT2D eigenvalue weighted by atomic mass is 10.1. The lowest BCUT2D eigenvalue weighted by Gasteiger charge is -2.04. The molecule has 1 heterocycles. The van der Waals surface area contributed by atoms with Crippen LogP contribution >= 0.6 is 23.1 Å². The maximum absolute atomic E-state index is 11.8. The van der Waals surface area contributed by atoms with E-state index in [4.69, 9.17) is 0 Å². The fourth-order valence-corrected chi connectivity index (χ4v) is 3.30. The first-order valence-corrected chi connectivity index (χ1v) is 7.90. The summed E-state index contributed by atoms with van der Waals surface area (Å²) in [6, 6.07) is 10.3. The molecule has 0 atom stereocenters. The van der Waals surface area contributed by atoms with Crippen LogP contribution in [0.4, 0.5) is 0 Å². The van der Waals surface area contributed by atoms with Gasteiger partial charge < -0.3 is 0 Å². The fourth-order valence-electron chi connectivity index (χ4n) is 1.67. The number of hydrogen-bond acceptors (Lipinski definition) is 3. The van der Waals surface area contributed by atoms with E-state index in [1.165, 1.54) is 16.0 Å². The number of thioether (sulfide) groups is 1. The Morgan fingerprint density at radius 3 is 2.83 bits per heavy atom. The van der Waals surface area contributed by atoms with Gasteiger partial charge in [0.25, 0.3) is 0 Å². The molecule has 1 aromatic heterocycles. The van der Waals surface area contributed by atoms with Crippen molar-refractivity contribution in [3.63, 3.8) is 0 Å². The zero-order chi connectivity index (χ0) is 12.8. The molecule has 18 heavy (non-hydrogen) atoms. The number of thiophene rings is 1. The summed E-state index contributed by atoms with van der Waals surface area (Å²) in [7, 11) is 0. The minimum absolute atomic E-state index is 0.328. The Morgan fingerprint density at radius 2 is 2.11 bits per heavy atom. The average molecular weight is 276 g/mol. The molecule has 94 valence electrons. The highest BCUT2D eigenvalue weighted by Gasteiger charge is 2.05. The van der Waals surface area contributed by atoms with Gasteiger partial charge in [0.15, 0.2) is 0 Å². The van der Waals surface area contributed by atoms with Crippen molar-refractivity contribution in [2.75, 3.05) is 5.75 Å². The van der Waals surface area contributed by atoms with Crippen molar-refractivity contribution in [1.29, 1.82) is 0 Å². The van der Waals surface area contributed by atoms with E-state index >= 15 is 0 Å². The Morgan fingerprint density at radius 1 is 1.28 bits per heavy atom. The highest BCUT2D eigenvalue weighted by molar-refractivity contribution is 8.00. The molecule has 1 aromatic carbocycles. The molecule has 3 heteroatoms. The highest BCUT2D eigenvalue weighted by atomic mass is 32.2. The van der Waals surface area contributed by atoms with Crippen molar-refractivity contribution in [2.24, 2.45) is 0 Å². The Hall–Kier alpha value is -1.06. The topological polar surface area (TPSA) is 17.1 Å². The van der Waals surface area contributed by atoms with Gasteiger partial charge in [-0.2, -0.15) is 11.3 Å². The SMILES string of the molecule is Cc1ccccc1SCC(=O)CCc1ccsc1. The summed E-state index contributed by atoms with van der Waals surface area (Å²) in [5, 5.41) is 4.17. The van der Waals surface area contributed by atoms with Crippen LogP contribution in [0.25, 0.3) is 0 Å². The molecule has 0 aliphatic carbocycles. The van der Waals surface area contributed by atoms with Gasteiger partial charge >= 0.3 is 0 Å². The van der Waals surface area contributed by atoms with Crippen LogP contribution in [0.15, 0.2) is 46.0 Å². The molecule has 0 radical (unpaired) electrons. The van der Waals surface area contributed by atoms with Crippen molar-refractivity contribution in [3.8, 4) is 0 Å². The first-order chi connectivity index (χ1) is 8.75. The molecule has 0 bridgehead atoms. The lowest BCUT2D eigenvalue weighted by Crippen LogP contribution is -2.03. The summed E-state index contributed by atoms with van der Waals surface area (Å²) in [5.74, 6) is 0.907. The van der Waals surface area contributed by atoms with Gasteiger partial charge in [0.1, 0.15) is 5.78 Å². The Labute approximate surface area is 116 Å². The highest BCUT2D eigenvalue weighted by Crippen LogP contribution is 2.22. The number of benzene rings is 1. The maximum Gasteiger partial charge on any atom is 0.143 e. The van der Waals surface area contributed by atoms with E-state index in [0.717, 1.165) is 6.42 Å². The van der Waals surface area contributed by atoms with Crippen LogP contribution in [0.5, 0.6) is 0 Å². The second-order valence-electron chi connectivity index (χ2n) is 4.22. The number of aryl methyl sites for hydroxylation is 2. The maximum atomic E-state index is 11.8. The monoisotopic (exact) mass is 276 g/mol. The normalized spacial score (nSPS) is 10.5. The summed E-state index contributed by atoms with van der Waals surface area (Å²) in [5.41, 5.74) is 2.52. The molecule has 0 spiro atoms. The number of ketones is 1. The smallest absolute Gasteiger partial charge is 0.143 e. The molecule has 0 N–H and O–H groups in total. The number of hydrogen-bond donors (Lipinski definition) is 0. The average Bonchev–Trinajstić information content (AvgIpc) is 2.88. The molecule has 2 rings (SSSR count). The van der Waals surface area contributed by atoms with Crippen LogP contribution in [-0.2, 0) is 11.2 Å². The molecule has 1 nitrogen and oxygen atoms in total. The van der Waals surface area contributed by atoms with E-state index in [-0.39, 0.29) is 0 Å². The van der Waals surface area contributed by atoms with E-state index in [1.807, 2.05) is 12.1 Å². The van der Waals surface area contributed by atoms with E-state index in [2.05, 4.69) is 35.9 Å². The first kappa shape index (κ1) is 13.4. The molecular weight excluding hydrogens is 260 g/mol. The number of rotatable bonds is 6. The summed E-state index contributed by atoms with van der Waals surface area (Å²) in [6.45, 7) is 2.08. The van der Waals surface area contributed by atoms with Gasteiger partial charge in [-0.25, -0.2) is 0 Å². The van der Waals surface area contributed by atoms with Gasteiger partial charge in [0, 0.05) is 11.3 Å². The standard InChI is InChI=1S/C15H16OS2/c1-12-4-2-3-5-15(12)18-11-14(16)7-6-13-8-9-17-10-13/h2-5,8-10H,6-7,11H2,1H3. The van der Waals surface area contributed by atoms with Crippen LogP contribution < -0.4 is 0 Å². The molecule has 0 unspecified atom stereocenters. The second kappa shape index (κ2) is 6.76. The third kappa shape index (κ3) is 4.00. The van der Waals surface area contributed by atoms with Crippen molar-refractivity contribution < 1.29 is 4.79 Å². The van der Waals surface area contributed by atoms with Gasteiger partial charge in [-0.15, -0.1) is 11.8 Å². The summed E-state index contributed by atoms with van der Waals surface area (Å²) in [4.78, 5) is 13.0. The van der Waals surface area contributed by atoms with Crippen LogP contribution in [-0.4, -0.2) is 11.5 Å². The van der Waals surface area contributed by atoms with Crippen molar-refractivity contribution in [1.82, 2.24) is 0 Å². The van der Waals surface area contributed by atoms with Crippen LogP contribution in [0.1, 0.15) is 17.5 Å². The molecule has 0 aliphatic heterocycles. The summed E-state index contributed by atoms with van der Waals surface area (Å²) < 4.78 is 0. The predicted molar refractivity (Wildman–Crippen MR) is 79.6 cm³/mol. The van der Waals surface area contributed by atoms with E-state index in [9.17, 15) is 4.79 Å². The van der Waals surface area contributed by atoms with E-state index in [1.54, 1.807) is 23.1 Å². The Bertz CT molecular complexity index is 503. The molecule has 0 fully saturated rings. The first-order valence-electron chi connectivity index (χ1n) is 5.97. The van der Waals surface area contributed by atoms with Crippen molar-refractivity contribution in [3.05, 3.63) is 52.2 Å². The Kier molecular flexibility index (Phi) is 5.02. The zero-order valence-corrected chi connectivity index (χ0v) is 12.0. The number of carbonyl (C=O) groups is 1. The van der Waals surface area contributed by atoms with Gasteiger partial charge in [0.2, 0.25) is 0 Å². The quantitative estimate of drug-likeness (QED) is 0.730. The van der Waals surface area contributed by atoms with E-state index < -0.39 is 0 Å². The summed E-state index contributed by atoms with van der Waals surface area (Å²) >= 11 is 3.33. The molecule has 2 aromatic rings. The third-order valence-corrected chi connectivity index (χ3v) is 4.72. The molecular formula is C15H16OS2. The van der Waals surface area contributed by atoms with Crippen LogP contribution in [0.3, 0.4) is 0 Å². The second-order valence-corrected chi connectivity index (χ2v) is 6.02. The van der Waals surface area contributed by atoms with Crippen molar-refractivity contribution in [2.45, 2.75) is 24.7 Å². The largest absolute Gasteiger partial charge is 0.299 e. The molecule has 0 aliphatic rings. The molecule has 0 saturated carbocycles. The van der Waals surface area contributed by atoms with Gasteiger partial charge in [-0.05, 0) is 47.4 Å². The number of carbonyl (C=O) groups excluding carboxylic acids is 1. The van der Waals surface area contributed by atoms with Gasteiger partial charge in [-0.1, -0.05) is 18.2 Å². The third-order valence-electron chi connectivity index (χ3n) is 2.75. The predicted octanol–water partition coefficient (Wildman–Crippen LogP) is 4.35. The van der Waals surface area contributed by atoms with Crippen molar-refractivity contribution >= 4 is 28.9 Å². The number of Topliss-reactive ketones (excluding diaryl/α,β-unsaturated/α-hetero) is 1. The fraction of sp³-hybridized carbons (Fsp3) is 0.267. The summed E-state index contributed by atoms with van der Waals surface area (Å²) in [6.07, 6.45) is 1.52. The van der Waals surface area contributed by atoms with Gasteiger partial charge in [0.05, 0.1) is 5.75 Å².